The molecule has 1 aromatic rings. The van der Waals surface area contributed by atoms with Crippen LogP contribution in [-0.2, 0) is 11.0 Å². The highest BCUT2D eigenvalue weighted by atomic mass is 31.1. The van der Waals surface area contributed by atoms with Gasteiger partial charge < -0.3 is 5.32 Å². The molecular weight excluding hydrogens is 181 g/mol. The van der Waals surface area contributed by atoms with Gasteiger partial charge in [-0.1, -0.05) is 12.1 Å². The second kappa shape index (κ2) is 3.47. The fraction of sp³-hybridized carbons (Fsp3) is 0.400. The first-order chi connectivity index (χ1) is 6.31. The van der Waals surface area contributed by atoms with E-state index in [1.165, 1.54) is 5.56 Å². The molecule has 2 rings (SSSR count). The van der Waals surface area contributed by atoms with Crippen LogP contribution >= 0.6 is 8.46 Å². The Balaban J connectivity index is 2.46. The predicted molar refractivity (Wildman–Crippen MR) is 55.1 cm³/mol. The summed E-state index contributed by atoms with van der Waals surface area (Å²) < 4.78 is 10.8. The molecule has 1 aliphatic rings. The minimum absolute atomic E-state index is 0.110. The van der Waals surface area contributed by atoms with Gasteiger partial charge in [0.1, 0.15) is 0 Å². The lowest BCUT2D eigenvalue weighted by Gasteiger charge is -2.24. The van der Waals surface area contributed by atoms with E-state index in [-0.39, 0.29) is 8.46 Å². The van der Waals surface area contributed by atoms with Crippen molar-refractivity contribution < 1.29 is 4.57 Å². The minimum Gasteiger partial charge on any atom is -0.381 e. The second-order valence-corrected chi connectivity index (χ2v) is 4.15. The van der Waals surface area contributed by atoms with Crippen LogP contribution in [0.4, 0.5) is 5.69 Å². The molecule has 68 valence electrons. The molecule has 13 heavy (non-hydrogen) atoms. The normalized spacial score (nSPS) is 20.8. The summed E-state index contributed by atoms with van der Waals surface area (Å²) in [7, 11) is 0.110. The van der Waals surface area contributed by atoms with Crippen molar-refractivity contribution in [2.75, 3.05) is 5.32 Å². The van der Waals surface area contributed by atoms with Crippen LogP contribution in [-0.4, -0.2) is 6.04 Å². The van der Waals surface area contributed by atoms with E-state index in [0.29, 0.717) is 6.04 Å². The fourth-order valence-corrected chi connectivity index (χ4v) is 2.17. The average molecular weight is 193 g/mol. The first-order valence-electron chi connectivity index (χ1n) is 4.53. The largest absolute Gasteiger partial charge is 0.381 e. The molecule has 0 saturated carbocycles. The van der Waals surface area contributed by atoms with Crippen molar-refractivity contribution >= 4 is 19.5 Å². The summed E-state index contributed by atoms with van der Waals surface area (Å²) in [4.78, 5) is 0. The molecule has 1 heterocycles. The zero-order valence-electron chi connectivity index (χ0n) is 7.58. The van der Waals surface area contributed by atoms with Crippen LogP contribution in [0.5, 0.6) is 0 Å². The van der Waals surface area contributed by atoms with E-state index >= 15 is 0 Å². The Kier molecular flexibility index (Phi) is 2.32. The average Bonchev–Trinajstić information content (AvgIpc) is 2.17. The summed E-state index contributed by atoms with van der Waals surface area (Å²) >= 11 is 0. The van der Waals surface area contributed by atoms with Crippen molar-refractivity contribution in [2.24, 2.45) is 0 Å². The number of nitrogens with one attached hydrogen (secondary N) is 1. The summed E-state index contributed by atoms with van der Waals surface area (Å²) in [6.07, 6.45) is 2.25. The quantitative estimate of drug-likeness (QED) is 0.693. The van der Waals surface area contributed by atoms with Crippen LogP contribution in [0.2, 0.25) is 0 Å². The van der Waals surface area contributed by atoms with Crippen LogP contribution in [0, 0.1) is 0 Å². The van der Waals surface area contributed by atoms with Crippen molar-refractivity contribution in [3.8, 4) is 0 Å². The van der Waals surface area contributed by atoms with Gasteiger partial charge in [0.2, 0.25) is 0 Å². The molecule has 0 bridgehead atoms. The molecule has 0 amide bonds. The zero-order chi connectivity index (χ0) is 9.26. The van der Waals surface area contributed by atoms with E-state index in [1.807, 2.05) is 12.1 Å². The maximum absolute atomic E-state index is 10.8. The van der Waals surface area contributed by atoms with Crippen LogP contribution in [0.25, 0.3) is 0 Å². The molecule has 0 aromatic heterocycles. The van der Waals surface area contributed by atoms with Gasteiger partial charge in [-0.05, 0) is 31.4 Å². The number of hydrogen-bond acceptors (Lipinski definition) is 2. The first kappa shape index (κ1) is 8.71. The van der Waals surface area contributed by atoms with Gasteiger partial charge in [0.05, 0.1) is 11.0 Å². The SMILES string of the molecule is CC1CCc2cccc(P=O)c2N1. The lowest BCUT2D eigenvalue weighted by Crippen LogP contribution is -2.25. The summed E-state index contributed by atoms with van der Waals surface area (Å²) in [5.41, 5.74) is 2.37. The Hall–Kier alpha value is -0.880. The van der Waals surface area contributed by atoms with Gasteiger partial charge in [-0.2, -0.15) is 0 Å². The number of benzene rings is 1. The van der Waals surface area contributed by atoms with E-state index in [2.05, 4.69) is 18.3 Å². The van der Waals surface area contributed by atoms with Gasteiger partial charge in [0.15, 0.2) is 8.46 Å². The summed E-state index contributed by atoms with van der Waals surface area (Å²) in [6.45, 7) is 2.15. The molecule has 1 atom stereocenters. The molecular formula is C10H12NOP. The number of aryl methyl sites for hydroxylation is 1. The highest BCUT2D eigenvalue weighted by molar-refractivity contribution is 7.34. The third-order valence-electron chi connectivity index (χ3n) is 2.46. The Morgan fingerprint density at radius 3 is 3.15 bits per heavy atom. The van der Waals surface area contributed by atoms with Gasteiger partial charge in [0, 0.05) is 6.04 Å². The van der Waals surface area contributed by atoms with Gasteiger partial charge >= 0.3 is 0 Å². The molecule has 0 spiro atoms. The highest BCUT2D eigenvalue weighted by Crippen LogP contribution is 2.24. The Morgan fingerprint density at radius 1 is 1.54 bits per heavy atom. The molecule has 0 saturated heterocycles. The van der Waals surface area contributed by atoms with Gasteiger partial charge in [-0.15, -0.1) is 0 Å². The van der Waals surface area contributed by atoms with E-state index in [9.17, 15) is 4.57 Å². The fourth-order valence-electron chi connectivity index (χ4n) is 1.73. The summed E-state index contributed by atoms with van der Waals surface area (Å²) in [6, 6.07) is 6.47. The van der Waals surface area contributed by atoms with Crippen molar-refractivity contribution in [3.63, 3.8) is 0 Å². The molecule has 0 radical (unpaired) electrons. The lowest BCUT2D eigenvalue weighted by molar-refractivity contribution is 0.603. The Bertz CT molecular complexity index is 338. The van der Waals surface area contributed by atoms with Crippen molar-refractivity contribution in [3.05, 3.63) is 23.8 Å². The van der Waals surface area contributed by atoms with Crippen molar-refractivity contribution in [2.45, 2.75) is 25.8 Å². The Morgan fingerprint density at radius 2 is 2.38 bits per heavy atom. The molecule has 1 N–H and O–H groups in total. The molecule has 0 fully saturated rings. The number of para-hydroxylation sites is 1. The van der Waals surface area contributed by atoms with E-state index in [0.717, 1.165) is 23.8 Å². The van der Waals surface area contributed by atoms with Gasteiger partial charge in [0.25, 0.3) is 0 Å². The molecule has 1 unspecified atom stereocenters. The van der Waals surface area contributed by atoms with Crippen LogP contribution in [0.3, 0.4) is 0 Å². The smallest absolute Gasteiger partial charge is 0.194 e. The van der Waals surface area contributed by atoms with Crippen LogP contribution in [0.15, 0.2) is 18.2 Å². The van der Waals surface area contributed by atoms with Crippen LogP contribution in [0.1, 0.15) is 18.9 Å². The number of anilines is 1. The van der Waals surface area contributed by atoms with Crippen LogP contribution < -0.4 is 10.6 Å². The van der Waals surface area contributed by atoms with Crippen molar-refractivity contribution in [1.29, 1.82) is 0 Å². The molecule has 1 aliphatic heterocycles. The standard InChI is InChI=1S/C10H12NOP/c1-7-5-6-8-3-2-4-9(13-12)10(8)11-7/h2-4,7,11H,5-6H2,1H3. The zero-order valence-corrected chi connectivity index (χ0v) is 8.47. The highest BCUT2D eigenvalue weighted by Gasteiger charge is 2.16. The van der Waals surface area contributed by atoms with Gasteiger partial charge in [-0.25, -0.2) is 0 Å². The van der Waals surface area contributed by atoms with Gasteiger partial charge in [-0.3, -0.25) is 4.57 Å². The monoisotopic (exact) mass is 193 g/mol. The molecule has 1 aromatic carbocycles. The first-order valence-corrected chi connectivity index (χ1v) is 5.34. The minimum atomic E-state index is 0.110. The number of hydrogen-bond donors (Lipinski definition) is 1. The van der Waals surface area contributed by atoms with E-state index in [4.69, 9.17) is 0 Å². The number of rotatable bonds is 1. The van der Waals surface area contributed by atoms with E-state index in [1.54, 1.807) is 0 Å². The lowest BCUT2D eigenvalue weighted by atomic mass is 9.99. The third kappa shape index (κ3) is 1.59. The molecule has 0 aliphatic carbocycles. The molecule has 2 nitrogen and oxygen atoms in total. The third-order valence-corrected chi connectivity index (χ3v) is 3.03. The summed E-state index contributed by atoms with van der Waals surface area (Å²) in [5, 5.41) is 4.25. The summed E-state index contributed by atoms with van der Waals surface area (Å²) in [5.74, 6) is 0. The topological polar surface area (TPSA) is 29.1 Å². The molecule has 3 heteroatoms. The Labute approximate surface area is 79.6 Å². The maximum atomic E-state index is 10.8. The van der Waals surface area contributed by atoms with Crippen molar-refractivity contribution in [1.82, 2.24) is 0 Å². The maximum Gasteiger partial charge on any atom is 0.194 e. The predicted octanol–water partition coefficient (Wildman–Crippen LogP) is 2.35. The van der Waals surface area contributed by atoms with E-state index < -0.39 is 0 Å². The number of fused-ring (bicyclic) bond motifs is 1. The second-order valence-electron chi connectivity index (χ2n) is 3.49.